The van der Waals surface area contributed by atoms with Crippen LogP contribution >= 0.6 is 0 Å². The van der Waals surface area contributed by atoms with E-state index in [-0.39, 0.29) is 6.10 Å². The topological polar surface area (TPSA) is 34.6 Å². The maximum Gasteiger partial charge on any atom is 0.120 e. The zero-order chi connectivity index (χ0) is 19.2. The van der Waals surface area contributed by atoms with Gasteiger partial charge < -0.3 is 14.4 Å². The molecule has 0 saturated carbocycles. The summed E-state index contributed by atoms with van der Waals surface area (Å²) in [5.41, 5.74) is 3.48. The molecule has 1 fully saturated rings. The highest BCUT2D eigenvalue weighted by molar-refractivity contribution is 5.46. The number of aryl methyl sites for hydroxylation is 1. The second-order valence-electron chi connectivity index (χ2n) is 7.21. The molecule has 0 amide bonds. The smallest absolute Gasteiger partial charge is 0.120 e. The lowest BCUT2D eigenvalue weighted by Crippen LogP contribution is -2.38. The zero-order valence-corrected chi connectivity index (χ0v) is 16.3. The Kier molecular flexibility index (Phi) is 5.76. The number of ether oxygens (including phenoxy) is 2. The molecular weight excluding hydrogens is 348 g/mol. The second-order valence-corrected chi connectivity index (χ2v) is 7.21. The summed E-state index contributed by atoms with van der Waals surface area (Å²) in [6.45, 7) is 4.62. The maximum absolute atomic E-state index is 6.19. The first-order valence-corrected chi connectivity index (χ1v) is 9.87. The summed E-state index contributed by atoms with van der Waals surface area (Å²) in [4.78, 5) is 6.69. The van der Waals surface area contributed by atoms with Crippen LogP contribution in [0.4, 0.5) is 5.69 Å². The van der Waals surface area contributed by atoms with Crippen molar-refractivity contribution in [2.24, 2.45) is 0 Å². The van der Waals surface area contributed by atoms with Crippen molar-refractivity contribution in [3.8, 4) is 11.5 Å². The first kappa shape index (κ1) is 18.4. The molecule has 0 N–H and O–H groups in total. The van der Waals surface area contributed by atoms with Crippen molar-refractivity contribution >= 4 is 5.69 Å². The van der Waals surface area contributed by atoms with Gasteiger partial charge in [0.25, 0.3) is 0 Å². The largest absolute Gasteiger partial charge is 0.490 e. The van der Waals surface area contributed by atoms with E-state index in [1.165, 1.54) is 11.3 Å². The first-order chi connectivity index (χ1) is 13.8. The van der Waals surface area contributed by atoms with Gasteiger partial charge in [-0.15, -0.1) is 0 Å². The molecule has 0 unspecified atom stereocenters. The van der Waals surface area contributed by atoms with Crippen LogP contribution in [0.5, 0.6) is 11.5 Å². The van der Waals surface area contributed by atoms with Crippen molar-refractivity contribution in [2.75, 3.05) is 18.0 Å². The van der Waals surface area contributed by atoms with Crippen LogP contribution in [0.3, 0.4) is 0 Å². The highest BCUT2D eigenvalue weighted by Gasteiger charge is 2.21. The molecule has 1 aromatic heterocycles. The molecule has 4 rings (SSSR count). The third kappa shape index (κ3) is 4.83. The molecular formula is C24H26N2O2. The third-order valence-corrected chi connectivity index (χ3v) is 5.06. The fraction of sp³-hybridized carbons (Fsp3) is 0.292. The van der Waals surface area contributed by atoms with Gasteiger partial charge in [0.05, 0.1) is 0 Å². The highest BCUT2D eigenvalue weighted by Crippen LogP contribution is 2.25. The van der Waals surface area contributed by atoms with E-state index in [2.05, 4.69) is 34.1 Å². The SMILES string of the molecule is Cc1cc(N2CCC(Oc3ccc(OCc4ccccc4)cc3)CC2)ccn1. The molecule has 1 saturated heterocycles. The molecule has 0 aliphatic carbocycles. The molecule has 4 nitrogen and oxygen atoms in total. The molecule has 0 radical (unpaired) electrons. The van der Waals surface area contributed by atoms with E-state index in [4.69, 9.17) is 9.47 Å². The lowest BCUT2D eigenvalue weighted by Gasteiger charge is -2.33. The lowest BCUT2D eigenvalue weighted by atomic mass is 10.1. The van der Waals surface area contributed by atoms with Gasteiger partial charge >= 0.3 is 0 Å². The standard InChI is InChI=1S/C24H26N2O2/c1-19-17-21(11-14-25-19)26-15-12-24(13-16-26)28-23-9-7-22(8-10-23)27-18-20-5-3-2-4-6-20/h2-11,14,17,24H,12-13,15-16,18H2,1H3. The van der Waals surface area contributed by atoms with Crippen LogP contribution in [0.1, 0.15) is 24.1 Å². The minimum atomic E-state index is 0.260. The summed E-state index contributed by atoms with van der Waals surface area (Å²) < 4.78 is 12.0. The minimum absolute atomic E-state index is 0.260. The summed E-state index contributed by atoms with van der Waals surface area (Å²) in [7, 11) is 0. The molecule has 4 heteroatoms. The van der Waals surface area contributed by atoms with Crippen LogP contribution in [0.2, 0.25) is 0 Å². The number of hydrogen-bond acceptors (Lipinski definition) is 4. The van der Waals surface area contributed by atoms with Gasteiger partial charge in [-0.05, 0) is 48.9 Å². The van der Waals surface area contributed by atoms with Gasteiger partial charge in [-0.3, -0.25) is 4.98 Å². The van der Waals surface area contributed by atoms with Gasteiger partial charge in [0, 0.05) is 43.5 Å². The van der Waals surface area contributed by atoms with Crippen LogP contribution < -0.4 is 14.4 Å². The summed E-state index contributed by atoms with van der Waals surface area (Å²) in [5, 5.41) is 0. The Balaban J connectivity index is 1.26. The quantitative estimate of drug-likeness (QED) is 0.607. The van der Waals surface area contributed by atoms with E-state index < -0.39 is 0 Å². The molecule has 2 heterocycles. The maximum atomic E-state index is 6.19. The number of benzene rings is 2. The molecule has 2 aromatic carbocycles. The van der Waals surface area contributed by atoms with Crippen molar-refractivity contribution in [3.63, 3.8) is 0 Å². The van der Waals surface area contributed by atoms with Crippen LogP contribution in [-0.2, 0) is 6.61 Å². The van der Waals surface area contributed by atoms with E-state index >= 15 is 0 Å². The number of rotatable bonds is 6. The van der Waals surface area contributed by atoms with E-state index in [1.807, 2.05) is 55.6 Å². The van der Waals surface area contributed by atoms with Crippen molar-refractivity contribution in [3.05, 3.63) is 84.2 Å². The molecule has 144 valence electrons. The van der Waals surface area contributed by atoms with E-state index in [1.54, 1.807) is 0 Å². The Hall–Kier alpha value is -3.01. The number of pyridine rings is 1. The summed E-state index contributed by atoms with van der Waals surface area (Å²) >= 11 is 0. The summed E-state index contributed by atoms with van der Waals surface area (Å²) in [6.07, 6.45) is 4.19. The van der Waals surface area contributed by atoms with Gasteiger partial charge in [-0.1, -0.05) is 30.3 Å². The van der Waals surface area contributed by atoms with Crippen molar-refractivity contribution in [1.29, 1.82) is 0 Å². The lowest BCUT2D eigenvalue weighted by molar-refractivity contribution is 0.170. The number of hydrogen-bond donors (Lipinski definition) is 0. The number of piperidine rings is 1. The Morgan fingerprint density at radius 1 is 0.929 bits per heavy atom. The van der Waals surface area contributed by atoms with Gasteiger partial charge in [-0.25, -0.2) is 0 Å². The van der Waals surface area contributed by atoms with Crippen molar-refractivity contribution in [2.45, 2.75) is 32.5 Å². The Morgan fingerprint density at radius 2 is 1.64 bits per heavy atom. The van der Waals surface area contributed by atoms with E-state index in [0.29, 0.717) is 6.61 Å². The van der Waals surface area contributed by atoms with Crippen LogP contribution in [0.25, 0.3) is 0 Å². The van der Waals surface area contributed by atoms with Gasteiger partial charge in [0.15, 0.2) is 0 Å². The second kappa shape index (κ2) is 8.79. The fourth-order valence-corrected chi connectivity index (χ4v) is 3.51. The first-order valence-electron chi connectivity index (χ1n) is 9.87. The van der Waals surface area contributed by atoms with Crippen molar-refractivity contribution < 1.29 is 9.47 Å². The summed E-state index contributed by atoms with van der Waals surface area (Å²) in [5.74, 6) is 1.77. The Labute approximate surface area is 166 Å². The molecule has 28 heavy (non-hydrogen) atoms. The predicted molar refractivity (Wildman–Crippen MR) is 112 cm³/mol. The van der Waals surface area contributed by atoms with Crippen molar-refractivity contribution in [1.82, 2.24) is 4.98 Å². The Bertz CT molecular complexity index is 873. The molecule has 3 aromatic rings. The normalized spacial score (nSPS) is 14.7. The zero-order valence-electron chi connectivity index (χ0n) is 16.3. The number of aromatic nitrogens is 1. The number of nitrogens with zero attached hydrogens (tertiary/aromatic N) is 2. The molecule has 0 spiro atoms. The predicted octanol–water partition coefficient (Wildman–Crippen LogP) is 5.02. The van der Waals surface area contributed by atoms with Crippen LogP contribution in [0.15, 0.2) is 72.9 Å². The monoisotopic (exact) mass is 374 g/mol. The Morgan fingerprint density at radius 3 is 2.36 bits per heavy atom. The highest BCUT2D eigenvalue weighted by atomic mass is 16.5. The summed E-state index contributed by atoms with van der Waals surface area (Å²) in [6, 6.07) is 22.4. The van der Waals surface area contributed by atoms with Gasteiger partial charge in [0.2, 0.25) is 0 Å². The average Bonchev–Trinajstić information content (AvgIpc) is 2.75. The van der Waals surface area contributed by atoms with Crippen LogP contribution in [0, 0.1) is 6.92 Å². The number of anilines is 1. The molecule has 0 bridgehead atoms. The van der Waals surface area contributed by atoms with Gasteiger partial charge in [0.1, 0.15) is 24.2 Å². The van der Waals surface area contributed by atoms with E-state index in [0.717, 1.165) is 43.1 Å². The van der Waals surface area contributed by atoms with E-state index in [9.17, 15) is 0 Å². The fourth-order valence-electron chi connectivity index (χ4n) is 3.51. The van der Waals surface area contributed by atoms with Crippen LogP contribution in [-0.4, -0.2) is 24.2 Å². The molecule has 0 atom stereocenters. The van der Waals surface area contributed by atoms with Gasteiger partial charge in [-0.2, -0.15) is 0 Å². The minimum Gasteiger partial charge on any atom is -0.490 e. The third-order valence-electron chi connectivity index (χ3n) is 5.06. The molecule has 1 aliphatic rings. The molecule has 1 aliphatic heterocycles. The average molecular weight is 374 g/mol.